The summed E-state index contributed by atoms with van der Waals surface area (Å²) in [6.45, 7) is 1.80. The SMILES string of the molecule is O=C(NCC1CNCCO1)c1cc(F)c(F)c(O)c1F. The van der Waals surface area contributed by atoms with Gasteiger partial charge in [0.1, 0.15) is 0 Å². The molecule has 1 fully saturated rings. The summed E-state index contributed by atoms with van der Waals surface area (Å²) in [4.78, 5) is 11.7. The van der Waals surface area contributed by atoms with Crippen molar-refractivity contribution in [2.24, 2.45) is 0 Å². The molecule has 0 bridgehead atoms. The van der Waals surface area contributed by atoms with Crippen LogP contribution in [0.2, 0.25) is 0 Å². The van der Waals surface area contributed by atoms with E-state index >= 15 is 0 Å². The average Bonchev–Trinajstić information content (AvgIpc) is 2.47. The number of amides is 1. The number of carbonyl (C=O) groups excluding carboxylic acids is 1. The number of nitrogens with one attached hydrogen (secondary N) is 2. The fourth-order valence-corrected chi connectivity index (χ4v) is 1.81. The monoisotopic (exact) mass is 290 g/mol. The number of benzene rings is 1. The minimum Gasteiger partial charge on any atom is -0.503 e. The molecular formula is C12H13F3N2O3. The van der Waals surface area contributed by atoms with Gasteiger partial charge in [-0.15, -0.1) is 0 Å². The molecule has 1 aliphatic heterocycles. The van der Waals surface area contributed by atoms with Gasteiger partial charge in [0.25, 0.3) is 5.91 Å². The van der Waals surface area contributed by atoms with Gasteiger partial charge in [0, 0.05) is 19.6 Å². The molecular weight excluding hydrogens is 277 g/mol. The van der Waals surface area contributed by atoms with E-state index in [-0.39, 0.29) is 12.6 Å². The third-order valence-electron chi connectivity index (χ3n) is 2.87. The van der Waals surface area contributed by atoms with Crippen molar-refractivity contribution in [1.82, 2.24) is 10.6 Å². The maximum absolute atomic E-state index is 13.5. The molecule has 8 heteroatoms. The lowest BCUT2D eigenvalue weighted by Gasteiger charge is -2.23. The van der Waals surface area contributed by atoms with Gasteiger partial charge < -0.3 is 20.5 Å². The average molecular weight is 290 g/mol. The molecule has 0 radical (unpaired) electrons. The van der Waals surface area contributed by atoms with E-state index in [9.17, 15) is 18.0 Å². The molecule has 0 spiro atoms. The fraction of sp³-hybridized carbons (Fsp3) is 0.417. The van der Waals surface area contributed by atoms with Crippen molar-refractivity contribution in [3.05, 3.63) is 29.1 Å². The Hall–Kier alpha value is -1.80. The predicted molar refractivity (Wildman–Crippen MR) is 62.9 cm³/mol. The molecule has 110 valence electrons. The van der Waals surface area contributed by atoms with Crippen LogP contribution in [0.15, 0.2) is 6.07 Å². The van der Waals surface area contributed by atoms with E-state index in [0.29, 0.717) is 25.8 Å². The zero-order valence-electron chi connectivity index (χ0n) is 10.4. The first kappa shape index (κ1) is 14.6. The van der Waals surface area contributed by atoms with Gasteiger partial charge in [-0.1, -0.05) is 0 Å². The van der Waals surface area contributed by atoms with Crippen molar-refractivity contribution in [2.45, 2.75) is 6.10 Å². The van der Waals surface area contributed by atoms with E-state index in [2.05, 4.69) is 10.6 Å². The van der Waals surface area contributed by atoms with Gasteiger partial charge in [0.2, 0.25) is 5.82 Å². The van der Waals surface area contributed by atoms with E-state index in [1.54, 1.807) is 0 Å². The fourth-order valence-electron chi connectivity index (χ4n) is 1.81. The Morgan fingerprint density at radius 3 is 2.85 bits per heavy atom. The smallest absolute Gasteiger partial charge is 0.254 e. The topological polar surface area (TPSA) is 70.6 Å². The number of phenolic OH excluding ortho intramolecular Hbond substituents is 1. The quantitative estimate of drug-likeness (QED) is 0.710. The third-order valence-corrected chi connectivity index (χ3v) is 2.87. The van der Waals surface area contributed by atoms with Gasteiger partial charge >= 0.3 is 0 Å². The highest BCUT2D eigenvalue weighted by atomic mass is 19.2. The molecule has 20 heavy (non-hydrogen) atoms. The molecule has 2 rings (SSSR count). The summed E-state index contributed by atoms with van der Waals surface area (Å²) in [7, 11) is 0. The highest BCUT2D eigenvalue weighted by Gasteiger charge is 2.23. The number of hydrogen-bond donors (Lipinski definition) is 3. The molecule has 1 aliphatic rings. The molecule has 0 aliphatic carbocycles. The molecule has 1 unspecified atom stereocenters. The van der Waals surface area contributed by atoms with Crippen molar-refractivity contribution in [3.8, 4) is 5.75 Å². The minimum atomic E-state index is -1.72. The molecule has 5 nitrogen and oxygen atoms in total. The molecule has 1 saturated heterocycles. The lowest BCUT2D eigenvalue weighted by Crippen LogP contribution is -2.45. The largest absolute Gasteiger partial charge is 0.503 e. The van der Waals surface area contributed by atoms with Crippen LogP contribution in [0, 0.1) is 17.5 Å². The van der Waals surface area contributed by atoms with Crippen molar-refractivity contribution < 1.29 is 27.8 Å². The Kier molecular flexibility index (Phi) is 4.46. The Morgan fingerprint density at radius 2 is 2.20 bits per heavy atom. The zero-order chi connectivity index (χ0) is 14.7. The zero-order valence-corrected chi connectivity index (χ0v) is 10.4. The summed E-state index contributed by atoms with van der Waals surface area (Å²) < 4.78 is 44.7. The van der Waals surface area contributed by atoms with Crippen molar-refractivity contribution >= 4 is 5.91 Å². The predicted octanol–water partition coefficient (Wildman–Crippen LogP) is 0.528. The molecule has 1 atom stereocenters. The van der Waals surface area contributed by atoms with Crippen LogP contribution >= 0.6 is 0 Å². The number of phenols is 1. The highest BCUT2D eigenvalue weighted by Crippen LogP contribution is 2.25. The standard InChI is InChI=1S/C12H13F3N2O3/c13-8-3-7(9(14)11(18)10(8)15)12(19)17-5-6-4-16-1-2-20-6/h3,6,16,18H,1-2,4-5H2,(H,17,19). The molecule has 1 heterocycles. The summed E-state index contributed by atoms with van der Waals surface area (Å²) in [6.07, 6.45) is -0.283. The number of aromatic hydroxyl groups is 1. The van der Waals surface area contributed by atoms with E-state index < -0.39 is 34.7 Å². The summed E-state index contributed by atoms with van der Waals surface area (Å²) in [5.41, 5.74) is -0.759. The van der Waals surface area contributed by atoms with E-state index in [4.69, 9.17) is 9.84 Å². The third kappa shape index (κ3) is 3.02. The minimum absolute atomic E-state index is 0.0883. The maximum Gasteiger partial charge on any atom is 0.254 e. The van der Waals surface area contributed by atoms with Crippen LogP contribution < -0.4 is 10.6 Å². The lowest BCUT2D eigenvalue weighted by atomic mass is 10.1. The van der Waals surface area contributed by atoms with Crippen molar-refractivity contribution in [2.75, 3.05) is 26.2 Å². The Labute approximate surface area is 112 Å². The number of hydrogen-bond acceptors (Lipinski definition) is 4. The van der Waals surface area contributed by atoms with E-state index in [0.717, 1.165) is 0 Å². The van der Waals surface area contributed by atoms with Gasteiger partial charge in [0.05, 0.1) is 18.3 Å². The lowest BCUT2D eigenvalue weighted by molar-refractivity contribution is 0.0286. The van der Waals surface area contributed by atoms with E-state index in [1.165, 1.54) is 0 Å². The Balaban J connectivity index is 2.05. The van der Waals surface area contributed by atoms with Gasteiger partial charge in [-0.25, -0.2) is 8.78 Å². The molecule has 1 aromatic rings. The first-order valence-electron chi connectivity index (χ1n) is 5.97. The van der Waals surface area contributed by atoms with Crippen LogP contribution in [0.3, 0.4) is 0 Å². The molecule has 0 aromatic heterocycles. The van der Waals surface area contributed by atoms with Crippen LogP contribution in [-0.2, 0) is 4.74 Å². The van der Waals surface area contributed by atoms with Gasteiger partial charge in [-0.05, 0) is 6.07 Å². The summed E-state index contributed by atoms with van der Waals surface area (Å²) in [5.74, 6) is -7.18. The van der Waals surface area contributed by atoms with Gasteiger partial charge in [0.15, 0.2) is 17.4 Å². The second-order valence-corrected chi connectivity index (χ2v) is 4.29. The van der Waals surface area contributed by atoms with Crippen LogP contribution in [0.5, 0.6) is 5.75 Å². The first-order chi connectivity index (χ1) is 9.50. The summed E-state index contributed by atoms with van der Waals surface area (Å²) >= 11 is 0. The van der Waals surface area contributed by atoms with Crippen LogP contribution in [-0.4, -0.2) is 43.4 Å². The van der Waals surface area contributed by atoms with Crippen LogP contribution in [0.4, 0.5) is 13.2 Å². The molecule has 1 amide bonds. The van der Waals surface area contributed by atoms with Gasteiger partial charge in [-0.2, -0.15) is 4.39 Å². The Bertz CT molecular complexity index is 519. The van der Waals surface area contributed by atoms with E-state index in [1.807, 2.05) is 0 Å². The summed E-state index contributed by atoms with van der Waals surface area (Å²) in [6, 6.07) is 0.402. The normalized spacial score (nSPS) is 18.9. The number of morpholine rings is 1. The second kappa shape index (κ2) is 6.10. The van der Waals surface area contributed by atoms with Crippen LogP contribution in [0.1, 0.15) is 10.4 Å². The Morgan fingerprint density at radius 1 is 1.45 bits per heavy atom. The maximum atomic E-state index is 13.5. The molecule has 1 aromatic carbocycles. The van der Waals surface area contributed by atoms with Crippen LogP contribution in [0.25, 0.3) is 0 Å². The van der Waals surface area contributed by atoms with Crippen molar-refractivity contribution in [3.63, 3.8) is 0 Å². The number of halogens is 3. The summed E-state index contributed by atoms with van der Waals surface area (Å²) in [5, 5.41) is 14.4. The number of rotatable bonds is 3. The number of carbonyl (C=O) groups is 1. The first-order valence-corrected chi connectivity index (χ1v) is 5.97. The van der Waals surface area contributed by atoms with Crippen molar-refractivity contribution in [1.29, 1.82) is 0 Å². The highest BCUT2D eigenvalue weighted by molar-refractivity contribution is 5.95. The molecule has 3 N–H and O–H groups in total. The number of ether oxygens (including phenoxy) is 1. The van der Waals surface area contributed by atoms with Gasteiger partial charge in [-0.3, -0.25) is 4.79 Å². The second-order valence-electron chi connectivity index (χ2n) is 4.29. The molecule has 0 saturated carbocycles.